The van der Waals surface area contributed by atoms with Crippen LogP contribution in [-0.2, 0) is 9.53 Å². The van der Waals surface area contributed by atoms with Gasteiger partial charge >= 0.3 is 0 Å². The fourth-order valence-electron chi connectivity index (χ4n) is 1.96. The molecule has 88 valence electrons. The average Bonchev–Trinajstić information content (AvgIpc) is 2.11. The third kappa shape index (κ3) is 2.35. The number of carbonyl (C=O) groups excluding carboxylic acids is 1. The molecule has 15 heavy (non-hydrogen) atoms. The largest absolute Gasteiger partial charge is 0.390 e. The first kappa shape index (κ1) is 12.9. The molecule has 0 radical (unpaired) electrons. The van der Waals surface area contributed by atoms with Crippen LogP contribution in [0.1, 0.15) is 33.6 Å². The number of carbonyl (C=O) groups is 1. The van der Waals surface area contributed by atoms with E-state index in [1.807, 2.05) is 13.8 Å². The second-order valence-corrected chi connectivity index (χ2v) is 5.93. The molecule has 1 N–H and O–H groups in total. The highest BCUT2D eigenvalue weighted by Crippen LogP contribution is 2.39. The lowest BCUT2D eigenvalue weighted by Gasteiger charge is -2.42. The highest BCUT2D eigenvalue weighted by Gasteiger charge is 2.49. The second kappa shape index (κ2) is 4.04. The number of aliphatic hydroxyl groups excluding tert-OH is 1. The molecule has 0 bridgehead atoms. The van der Waals surface area contributed by atoms with E-state index in [-0.39, 0.29) is 11.7 Å². The number of ketones is 1. The number of methoxy groups -OCH3 is 1. The van der Waals surface area contributed by atoms with Crippen LogP contribution in [0.2, 0.25) is 0 Å². The van der Waals surface area contributed by atoms with E-state index in [1.54, 1.807) is 6.92 Å². The summed E-state index contributed by atoms with van der Waals surface area (Å²) in [7, 11) is 1.45. The summed E-state index contributed by atoms with van der Waals surface area (Å²) < 4.78 is 5.12. The average molecular weight is 235 g/mol. The van der Waals surface area contributed by atoms with Gasteiger partial charge in [-0.1, -0.05) is 0 Å². The van der Waals surface area contributed by atoms with E-state index in [1.165, 1.54) is 7.11 Å². The maximum atomic E-state index is 11.9. The highest BCUT2D eigenvalue weighted by molar-refractivity contribution is 6.23. The predicted molar refractivity (Wildman–Crippen MR) is 59.1 cm³/mol. The van der Waals surface area contributed by atoms with Crippen molar-refractivity contribution in [3.05, 3.63) is 0 Å². The lowest BCUT2D eigenvalue weighted by Crippen LogP contribution is -2.55. The van der Waals surface area contributed by atoms with Crippen LogP contribution in [0.25, 0.3) is 0 Å². The van der Waals surface area contributed by atoms with Gasteiger partial charge in [0, 0.05) is 18.4 Å². The molecular weight excluding hydrogens is 216 g/mol. The zero-order valence-electron chi connectivity index (χ0n) is 9.71. The molecule has 0 heterocycles. The fraction of sp³-hybridized carbons (Fsp3) is 0.909. The Kier molecular flexibility index (Phi) is 3.49. The number of rotatable bonds is 2. The second-order valence-electron chi connectivity index (χ2n) is 4.95. The number of aliphatic hydroxyl groups is 1. The normalized spacial score (nSPS) is 38.1. The van der Waals surface area contributed by atoms with Gasteiger partial charge in [-0.15, -0.1) is 11.6 Å². The van der Waals surface area contributed by atoms with Crippen molar-refractivity contribution >= 4 is 17.4 Å². The number of alkyl halides is 1. The first-order valence-electron chi connectivity index (χ1n) is 5.17. The van der Waals surface area contributed by atoms with Gasteiger partial charge in [0.05, 0.1) is 6.10 Å². The summed E-state index contributed by atoms with van der Waals surface area (Å²) in [6.45, 7) is 5.38. The third-order valence-electron chi connectivity index (χ3n) is 3.52. The van der Waals surface area contributed by atoms with E-state index in [0.717, 1.165) is 0 Å². The van der Waals surface area contributed by atoms with E-state index in [9.17, 15) is 9.90 Å². The quantitative estimate of drug-likeness (QED) is 0.741. The fourth-order valence-corrected chi connectivity index (χ4v) is 2.13. The number of Topliss-reactive ketones (excluding diaryl/α,β-unsaturated/α-hetero) is 1. The number of ether oxygens (including phenoxy) is 1. The molecule has 1 rings (SSSR count). The first-order valence-corrected chi connectivity index (χ1v) is 5.55. The molecule has 0 aromatic carbocycles. The van der Waals surface area contributed by atoms with Crippen molar-refractivity contribution in [2.45, 2.75) is 50.2 Å². The Morgan fingerprint density at radius 2 is 2.13 bits per heavy atom. The summed E-state index contributed by atoms with van der Waals surface area (Å²) in [6.07, 6.45) is 0.108. The van der Waals surface area contributed by atoms with Crippen molar-refractivity contribution in [3.8, 4) is 0 Å². The number of hydrogen-bond acceptors (Lipinski definition) is 3. The Morgan fingerprint density at radius 3 is 2.47 bits per heavy atom. The molecule has 3 atom stereocenters. The summed E-state index contributed by atoms with van der Waals surface area (Å²) in [6, 6.07) is 0. The van der Waals surface area contributed by atoms with E-state index in [4.69, 9.17) is 16.3 Å². The van der Waals surface area contributed by atoms with Crippen LogP contribution < -0.4 is 0 Å². The third-order valence-corrected chi connectivity index (χ3v) is 3.83. The zero-order chi connectivity index (χ0) is 11.9. The van der Waals surface area contributed by atoms with Gasteiger partial charge in [0.2, 0.25) is 0 Å². The van der Waals surface area contributed by atoms with Crippen molar-refractivity contribution in [2.75, 3.05) is 7.11 Å². The van der Waals surface area contributed by atoms with Crippen molar-refractivity contribution < 1.29 is 14.6 Å². The SMILES string of the molecule is COC1(C)C(=O)CC(C(C)(C)Cl)CC1O. The first-order chi connectivity index (χ1) is 6.71. The summed E-state index contributed by atoms with van der Waals surface area (Å²) in [5.74, 6) is -0.0626. The minimum absolute atomic E-state index is 0.00453. The van der Waals surface area contributed by atoms with Gasteiger partial charge in [-0.3, -0.25) is 4.79 Å². The van der Waals surface area contributed by atoms with Crippen LogP contribution in [0.3, 0.4) is 0 Å². The van der Waals surface area contributed by atoms with Gasteiger partial charge in [-0.2, -0.15) is 0 Å². The smallest absolute Gasteiger partial charge is 0.167 e. The molecular formula is C11H19ClO3. The molecule has 3 nitrogen and oxygen atoms in total. The van der Waals surface area contributed by atoms with Gasteiger partial charge in [0.25, 0.3) is 0 Å². The van der Waals surface area contributed by atoms with E-state index < -0.39 is 16.6 Å². The summed E-state index contributed by atoms with van der Waals surface area (Å²) in [5, 5.41) is 9.93. The van der Waals surface area contributed by atoms with Gasteiger partial charge < -0.3 is 9.84 Å². The standard InChI is InChI=1S/C11H19ClO3/c1-10(2,12)7-5-8(13)11(3,15-4)9(14)6-7/h7-8,13H,5-6H2,1-4H3. The van der Waals surface area contributed by atoms with E-state index >= 15 is 0 Å². The minimum Gasteiger partial charge on any atom is -0.390 e. The van der Waals surface area contributed by atoms with Crippen molar-refractivity contribution in [2.24, 2.45) is 5.92 Å². The maximum Gasteiger partial charge on any atom is 0.167 e. The molecule has 0 amide bonds. The van der Waals surface area contributed by atoms with Crippen molar-refractivity contribution in [1.82, 2.24) is 0 Å². The number of hydrogen-bond donors (Lipinski definition) is 1. The molecule has 0 saturated heterocycles. The molecule has 1 saturated carbocycles. The molecule has 0 aliphatic heterocycles. The van der Waals surface area contributed by atoms with Crippen molar-refractivity contribution in [3.63, 3.8) is 0 Å². The molecule has 0 aromatic rings. The van der Waals surface area contributed by atoms with Crippen LogP contribution in [-0.4, -0.2) is 34.6 Å². The highest BCUT2D eigenvalue weighted by atomic mass is 35.5. The Bertz CT molecular complexity index is 259. The van der Waals surface area contributed by atoms with Gasteiger partial charge in [-0.05, 0) is 33.1 Å². The summed E-state index contributed by atoms with van der Waals surface area (Å²) in [4.78, 5) is 11.4. The Labute approximate surface area is 95.8 Å². The lowest BCUT2D eigenvalue weighted by atomic mass is 9.72. The monoisotopic (exact) mass is 234 g/mol. The van der Waals surface area contributed by atoms with E-state index in [2.05, 4.69) is 0 Å². The van der Waals surface area contributed by atoms with Gasteiger partial charge in [0.15, 0.2) is 5.78 Å². The van der Waals surface area contributed by atoms with Crippen LogP contribution in [0, 0.1) is 5.92 Å². The van der Waals surface area contributed by atoms with E-state index in [0.29, 0.717) is 12.8 Å². The minimum atomic E-state index is -1.06. The van der Waals surface area contributed by atoms with Crippen LogP contribution in [0.4, 0.5) is 0 Å². The Hall–Kier alpha value is -0.120. The van der Waals surface area contributed by atoms with Crippen LogP contribution >= 0.6 is 11.6 Å². The molecule has 1 aliphatic carbocycles. The molecule has 3 unspecified atom stereocenters. The Morgan fingerprint density at radius 1 is 1.60 bits per heavy atom. The molecule has 0 aromatic heterocycles. The topological polar surface area (TPSA) is 46.5 Å². The Balaban J connectivity index is 2.85. The molecule has 4 heteroatoms. The van der Waals surface area contributed by atoms with Crippen LogP contribution in [0.15, 0.2) is 0 Å². The molecule has 1 aliphatic rings. The van der Waals surface area contributed by atoms with Crippen molar-refractivity contribution in [1.29, 1.82) is 0 Å². The van der Waals surface area contributed by atoms with Gasteiger partial charge in [-0.25, -0.2) is 0 Å². The summed E-state index contributed by atoms with van der Waals surface area (Å²) in [5.41, 5.74) is -1.06. The van der Waals surface area contributed by atoms with Crippen LogP contribution in [0.5, 0.6) is 0 Å². The molecule has 0 spiro atoms. The van der Waals surface area contributed by atoms with Gasteiger partial charge in [0.1, 0.15) is 5.60 Å². The predicted octanol–water partition coefficient (Wildman–Crippen LogP) is 1.75. The maximum absolute atomic E-state index is 11.9. The molecule has 1 fully saturated rings. The summed E-state index contributed by atoms with van der Waals surface area (Å²) >= 11 is 6.17. The number of halogens is 1. The lowest BCUT2D eigenvalue weighted by molar-refractivity contribution is -0.164. The zero-order valence-corrected chi connectivity index (χ0v) is 10.5.